The van der Waals surface area contributed by atoms with Gasteiger partial charge in [-0.15, -0.1) is 0 Å². The molecule has 2 aromatic carbocycles. The Bertz CT molecular complexity index is 715. The van der Waals surface area contributed by atoms with Crippen LogP contribution in [0.4, 0.5) is 5.69 Å². The van der Waals surface area contributed by atoms with E-state index in [1.54, 1.807) is 13.0 Å². The van der Waals surface area contributed by atoms with E-state index in [-0.39, 0.29) is 16.7 Å². The van der Waals surface area contributed by atoms with Crippen molar-refractivity contribution in [2.75, 3.05) is 12.8 Å². The Hall–Kier alpha value is -2.05. The van der Waals surface area contributed by atoms with E-state index in [4.69, 9.17) is 10.5 Å². The molecular weight excluding hydrogens is 288 g/mol. The number of benzene rings is 2. The van der Waals surface area contributed by atoms with E-state index >= 15 is 0 Å². The second-order valence-electron chi connectivity index (χ2n) is 4.66. The van der Waals surface area contributed by atoms with Crippen molar-refractivity contribution in [2.24, 2.45) is 0 Å². The molecule has 0 aliphatic rings. The highest BCUT2D eigenvalue weighted by atomic mass is 32.2. The Kier molecular flexibility index (Phi) is 4.50. The summed E-state index contributed by atoms with van der Waals surface area (Å²) in [6.07, 6.45) is 0. The summed E-state index contributed by atoms with van der Waals surface area (Å²) in [5, 5.41) is 0. The summed E-state index contributed by atoms with van der Waals surface area (Å²) >= 11 is 0. The van der Waals surface area contributed by atoms with Crippen molar-refractivity contribution >= 4 is 15.7 Å². The average Bonchev–Trinajstić information content (AvgIpc) is 2.47. The van der Waals surface area contributed by atoms with Crippen LogP contribution in [0, 0.1) is 0 Å². The van der Waals surface area contributed by atoms with Gasteiger partial charge in [0.1, 0.15) is 10.6 Å². The number of hydrogen-bond acceptors (Lipinski definition) is 4. The summed E-state index contributed by atoms with van der Waals surface area (Å²) in [5.41, 5.74) is 6.92. The van der Waals surface area contributed by atoms with Gasteiger partial charge in [0, 0.05) is 11.7 Å². The van der Waals surface area contributed by atoms with Crippen LogP contribution in [0.15, 0.2) is 53.4 Å². The molecule has 3 N–H and O–H groups in total. The van der Waals surface area contributed by atoms with Crippen LogP contribution in [0.3, 0.4) is 0 Å². The first-order valence-electron chi connectivity index (χ1n) is 6.45. The fraction of sp³-hybridized carbons (Fsp3) is 0.200. The maximum atomic E-state index is 12.5. The van der Waals surface area contributed by atoms with Gasteiger partial charge in [-0.3, -0.25) is 0 Å². The van der Waals surface area contributed by atoms with Gasteiger partial charge < -0.3 is 10.5 Å². The minimum absolute atomic E-state index is 0.0350. The molecule has 0 aromatic heterocycles. The van der Waals surface area contributed by atoms with Gasteiger partial charge in [0.2, 0.25) is 10.0 Å². The van der Waals surface area contributed by atoms with Crippen molar-refractivity contribution < 1.29 is 13.2 Å². The van der Waals surface area contributed by atoms with E-state index in [0.717, 1.165) is 5.56 Å². The normalized spacial score (nSPS) is 12.9. The smallest absolute Gasteiger partial charge is 0.244 e. The number of hydrogen-bond donors (Lipinski definition) is 2. The van der Waals surface area contributed by atoms with E-state index in [1.165, 1.54) is 19.2 Å². The molecular formula is C15H18N2O3S. The lowest BCUT2D eigenvalue weighted by Gasteiger charge is -2.16. The monoisotopic (exact) mass is 306 g/mol. The SMILES string of the molecule is COc1ccc(N)cc1S(=O)(=O)NC(C)c1ccccc1. The third-order valence-corrected chi connectivity index (χ3v) is 4.67. The number of ether oxygens (including phenoxy) is 1. The molecule has 1 atom stereocenters. The van der Waals surface area contributed by atoms with Crippen molar-refractivity contribution in [3.63, 3.8) is 0 Å². The maximum Gasteiger partial charge on any atom is 0.244 e. The molecule has 0 heterocycles. The minimum Gasteiger partial charge on any atom is -0.495 e. The molecule has 2 rings (SSSR count). The zero-order chi connectivity index (χ0) is 15.5. The van der Waals surface area contributed by atoms with Crippen molar-refractivity contribution in [3.05, 3.63) is 54.1 Å². The fourth-order valence-electron chi connectivity index (χ4n) is 2.01. The molecule has 0 aliphatic carbocycles. The Balaban J connectivity index is 2.33. The first-order chi connectivity index (χ1) is 9.94. The summed E-state index contributed by atoms with van der Waals surface area (Å²) in [5.74, 6) is 0.261. The van der Waals surface area contributed by atoms with Crippen LogP contribution in [-0.4, -0.2) is 15.5 Å². The first kappa shape index (κ1) is 15.3. The van der Waals surface area contributed by atoms with E-state index in [9.17, 15) is 8.42 Å². The Labute approximate surface area is 124 Å². The number of sulfonamides is 1. The highest BCUT2D eigenvalue weighted by Crippen LogP contribution is 2.27. The van der Waals surface area contributed by atoms with E-state index in [0.29, 0.717) is 5.69 Å². The van der Waals surface area contributed by atoms with Gasteiger partial charge in [-0.25, -0.2) is 13.1 Å². The van der Waals surface area contributed by atoms with Crippen molar-refractivity contribution in [2.45, 2.75) is 17.9 Å². The van der Waals surface area contributed by atoms with Gasteiger partial charge >= 0.3 is 0 Å². The number of anilines is 1. The maximum absolute atomic E-state index is 12.5. The van der Waals surface area contributed by atoms with Crippen LogP contribution in [0.5, 0.6) is 5.75 Å². The molecule has 0 saturated carbocycles. The van der Waals surface area contributed by atoms with Gasteiger partial charge in [-0.1, -0.05) is 30.3 Å². The summed E-state index contributed by atoms with van der Waals surface area (Å²) in [6, 6.07) is 13.5. The molecule has 6 heteroatoms. The second-order valence-corrected chi connectivity index (χ2v) is 6.35. The molecule has 0 bridgehead atoms. The van der Waals surface area contributed by atoms with Gasteiger partial charge in [0.05, 0.1) is 7.11 Å². The fourth-order valence-corrected chi connectivity index (χ4v) is 3.45. The van der Waals surface area contributed by atoms with Crippen LogP contribution in [-0.2, 0) is 10.0 Å². The van der Waals surface area contributed by atoms with Crippen LogP contribution >= 0.6 is 0 Å². The zero-order valence-corrected chi connectivity index (χ0v) is 12.7. The molecule has 0 radical (unpaired) electrons. The second kappa shape index (κ2) is 6.15. The third-order valence-electron chi connectivity index (χ3n) is 3.11. The molecule has 0 spiro atoms. The highest BCUT2D eigenvalue weighted by Gasteiger charge is 2.22. The molecule has 21 heavy (non-hydrogen) atoms. The quantitative estimate of drug-likeness (QED) is 0.831. The molecule has 112 valence electrons. The molecule has 1 unspecified atom stereocenters. The van der Waals surface area contributed by atoms with Crippen LogP contribution in [0.2, 0.25) is 0 Å². The van der Waals surface area contributed by atoms with Crippen molar-refractivity contribution in [1.29, 1.82) is 0 Å². The largest absolute Gasteiger partial charge is 0.495 e. The molecule has 0 fully saturated rings. The minimum atomic E-state index is -3.73. The lowest BCUT2D eigenvalue weighted by molar-refractivity contribution is 0.402. The van der Waals surface area contributed by atoms with Crippen molar-refractivity contribution in [1.82, 2.24) is 4.72 Å². The summed E-state index contributed by atoms with van der Waals surface area (Å²) in [6.45, 7) is 1.78. The number of rotatable bonds is 5. The summed E-state index contributed by atoms with van der Waals surface area (Å²) < 4.78 is 32.7. The highest BCUT2D eigenvalue weighted by molar-refractivity contribution is 7.89. The molecule has 0 aliphatic heterocycles. The number of nitrogen functional groups attached to an aromatic ring is 1. The number of nitrogens with two attached hydrogens (primary N) is 1. The molecule has 0 saturated heterocycles. The van der Waals surface area contributed by atoms with Gasteiger partial charge in [-0.2, -0.15) is 0 Å². The first-order valence-corrected chi connectivity index (χ1v) is 7.93. The third kappa shape index (κ3) is 3.53. The predicted molar refractivity (Wildman–Crippen MR) is 82.6 cm³/mol. The van der Waals surface area contributed by atoms with Crippen LogP contribution in [0.1, 0.15) is 18.5 Å². The lowest BCUT2D eigenvalue weighted by Crippen LogP contribution is -2.27. The predicted octanol–water partition coefficient (Wildman–Crippen LogP) is 2.32. The van der Waals surface area contributed by atoms with Gasteiger partial charge in [0.25, 0.3) is 0 Å². The zero-order valence-electron chi connectivity index (χ0n) is 11.9. The Morgan fingerprint density at radius 2 is 1.81 bits per heavy atom. The van der Waals surface area contributed by atoms with Gasteiger partial charge in [-0.05, 0) is 30.7 Å². The Morgan fingerprint density at radius 1 is 1.14 bits per heavy atom. The van der Waals surface area contributed by atoms with Gasteiger partial charge in [0.15, 0.2) is 0 Å². The number of methoxy groups -OCH3 is 1. The summed E-state index contributed by atoms with van der Waals surface area (Å²) in [7, 11) is -2.31. The van der Waals surface area contributed by atoms with Crippen LogP contribution < -0.4 is 15.2 Å². The topological polar surface area (TPSA) is 81.4 Å². The Morgan fingerprint density at radius 3 is 2.43 bits per heavy atom. The number of nitrogens with one attached hydrogen (secondary N) is 1. The summed E-state index contributed by atoms with van der Waals surface area (Å²) in [4.78, 5) is 0.0350. The molecule has 0 amide bonds. The van der Waals surface area contributed by atoms with E-state index in [1.807, 2.05) is 30.3 Å². The van der Waals surface area contributed by atoms with Crippen LogP contribution in [0.25, 0.3) is 0 Å². The molecule has 2 aromatic rings. The van der Waals surface area contributed by atoms with Crippen molar-refractivity contribution in [3.8, 4) is 5.75 Å². The lowest BCUT2D eigenvalue weighted by atomic mass is 10.1. The average molecular weight is 306 g/mol. The van der Waals surface area contributed by atoms with E-state index < -0.39 is 10.0 Å². The standard InChI is InChI=1S/C15H18N2O3S/c1-11(12-6-4-3-5-7-12)17-21(18,19)15-10-13(16)8-9-14(15)20-2/h3-11,17H,16H2,1-2H3. The van der Waals surface area contributed by atoms with E-state index in [2.05, 4.69) is 4.72 Å². The molecule has 5 nitrogen and oxygen atoms in total.